The lowest BCUT2D eigenvalue weighted by Gasteiger charge is -1.95. The van der Waals surface area contributed by atoms with E-state index < -0.39 is 11.8 Å². The van der Waals surface area contributed by atoms with E-state index in [1.807, 2.05) is 0 Å². The molecule has 0 amide bonds. The summed E-state index contributed by atoms with van der Waals surface area (Å²) in [5.74, 6) is 3.88. The highest BCUT2D eigenvalue weighted by Crippen LogP contribution is 2.26. The second kappa shape index (κ2) is 5.58. The lowest BCUT2D eigenvalue weighted by atomic mass is 10.2. The van der Waals surface area contributed by atoms with Crippen molar-refractivity contribution in [3.8, 4) is 11.8 Å². The maximum Gasteiger partial charge on any atom is 0.384 e. The fourth-order valence-corrected chi connectivity index (χ4v) is 2.63. The van der Waals surface area contributed by atoms with Gasteiger partial charge in [0.25, 0.3) is 0 Å². The molecule has 0 saturated heterocycles. The summed E-state index contributed by atoms with van der Waals surface area (Å²) in [4.78, 5) is 15.0. The molecule has 0 radical (unpaired) electrons. The van der Waals surface area contributed by atoms with Gasteiger partial charge in [-0.1, -0.05) is 5.92 Å². The van der Waals surface area contributed by atoms with Crippen LogP contribution in [-0.4, -0.2) is 22.0 Å². The molecule has 18 heavy (non-hydrogen) atoms. The summed E-state index contributed by atoms with van der Waals surface area (Å²) in [6.45, 7) is 0. The zero-order chi connectivity index (χ0) is 13.1. The van der Waals surface area contributed by atoms with Crippen molar-refractivity contribution in [3.63, 3.8) is 0 Å². The molecule has 0 fully saturated rings. The zero-order valence-electron chi connectivity index (χ0n) is 9.11. The second-order valence-corrected chi connectivity index (χ2v) is 4.92. The summed E-state index contributed by atoms with van der Waals surface area (Å²) in [6.07, 6.45) is 2.84. The van der Waals surface area contributed by atoms with E-state index in [0.717, 1.165) is 6.20 Å². The Morgan fingerprint density at radius 1 is 1.67 bits per heavy atom. The summed E-state index contributed by atoms with van der Waals surface area (Å²) in [6, 6.07) is 1.34. The normalized spacial score (nSPS) is 9.94. The van der Waals surface area contributed by atoms with Crippen LogP contribution < -0.4 is 0 Å². The van der Waals surface area contributed by atoms with E-state index in [1.54, 1.807) is 10.2 Å². The standard InChI is InChI=1S/C11H6FIN2O2S/c1-17-10(16)3-2-7-6-15(18-13)11-9(7)4-8(12)5-14-11/h4-6H,1H3. The molecule has 0 atom stereocenters. The smallest absolute Gasteiger partial charge is 0.384 e. The maximum absolute atomic E-state index is 13.2. The van der Waals surface area contributed by atoms with Crippen molar-refractivity contribution in [2.45, 2.75) is 0 Å². The van der Waals surface area contributed by atoms with Gasteiger partial charge in [-0.2, -0.15) is 0 Å². The van der Waals surface area contributed by atoms with E-state index in [1.165, 1.54) is 22.3 Å². The lowest BCUT2D eigenvalue weighted by Crippen LogP contribution is -1.94. The molecule has 0 bridgehead atoms. The molecule has 2 aromatic rings. The molecular weight excluding hydrogens is 370 g/mol. The molecule has 0 N–H and O–H groups in total. The van der Waals surface area contributed by atoms with Crippen molar-refractivity contribution in [1.82, 2.24) is 8.96 Å². The number of fused-ring (bicyclic) bond motifs is 1. The van der Waals surface area contributed by atoms with Gasteiger partial charge >= 0.3 is 5.97 Å². The van der Waals surface area contributed by atoms with E-state index in [4.69, 9.17) is 0 Å². The molecule has 7 heteroatoms. The average Bonchev–Trinajstić information content (AvgIpc) is 2.73. The molecule has 2 aromatic heterocycles. The highest BCUT2D eigenvalue weighted by molar-refractivity contribution is 14.2. The summed E-state index contributed by atoms with van der Waals surface area (Å²) in [5.41, 5.74) is 1.14. The molecule has 0 aliphatic heterocycles. The molecule has 0 unspecified atom stereocenters. The van der Waals surface area contributed by atoms with Crippen molar-refractivity contribution < 1.29 is 13.9 Å². The molecular formula is C11H6FIN2O2S. The van der Waals surface area contributed by atoms with Crippen molar-refractivity contribution in [3.05, 3.63) is 29.8 Å². The molecule has 0 aliphatic carbocycles. The molecule has 0 aromatic carbocycles. The Kier molecular flexibility index (Phi) is 4.08. The van der Waals surface area contributed by atoms with Gasteiger partial charge in [0.2, 0.25) is 0 Å². The molecule has 0 aliphatic rings. The number of methoxy groups -OCH3 is 1. The molecule has 4 nitrogen and oxygen atoms in total. The number of carbonyl (C=O) groups excluding carboxylic acids is 1. The van der Waals surface area contributed by atoms with Gasteiger partial charge in [0.1, 0.15) is 5.82 Å². The number of hydrogen-bond donors (Lipinski definition) is 0. The summed E-state index contributed by atoms with van der Waals surface area (Å²) in [5, 5.41) is 0.565. The number of rotatable bonds is 1. The van der Waals surface area contributed by atoms with Gasteiger partial charge in [-0.25, -0.2) is 14.2 Å². The van der Waals surface area contributed by atoms with Crippen LogP contribution in [0.15, 0.2) is 18.5 Å². The SMILES string of the molecule is COC(=O)C#Cc1cn(SI)c2ncc(F)cc12. The first kappa shape index (κ1) is 13.2. The van der Waals surface area contributed by atoms with E-state index in [0.29, 0.717) is 16.6 Å². The van der Waals surface area contributed by atoms with Crippen molar-refractivity contribution >= 4 is 47.3 Å². The first-order chi connectivity index (χ1) is 8.65. The number of halogens is 2. The average molecular weight is 376 g/mol. The van der Waals surface area contributed by atoms with Crippen molar-refractivity contribution in [2.24, 2.45) is 0 Å². The Morgan fingerprint density at radius 2 is 2.44 bits per heavy atom. The van der Waals surface area contributed by atoms with E-state index >= 15 is 0 Å². The minimum absolute atomic E-state index is 0.445. The summed E-state index contributed by atoms with van der Waals surface area (Å²) >= 11 is 2.08. The van der Waals surface area contributed by atoms with E-state index in [-0.39, 0.29) is 0 Å². The van der Waals surface area contributed by atoms with Crippen molar-refractivity contribution in [1.29, 1.82) is 0 Å². The fourth-order valence-electron chi connectivity index (χ4n) is 1.38. The van der Waals surface area contributed by atoms with Gasteiger partial charge in [-0.3, -0.25) is 3.97 Å². The molecule has 0 saturated carbocycles. The number of aromatic nitrogens is 2. The van der Waals surface area contributed by atoms with Crippen LogP contribution in [0.3, 0.4) is 0 Å². The molecule has 2 heterocycles. The highest BCUT2D eigenvalue weighted by Gasteiger charge is 2.09. The van der Waals surface area contributed by atoms with Crippen molar-refractivity contribution in [2.75, 3.05) is 7.11 Å². The monoisotopic (exact) mass is 376 g/mol. The van der Waals surface area contributed by atoms with Crippen LogP contribution in [0.2, 0.25) is 0 Å². The largest absolute Gasteiger partial charge is 0.459 e. The van der Waals surface area contributed by atoms with Gasteiger partial charge < -0.3 is 4.74 Å². The van der Waals surface area contributed by atoms with Crippen LogP contribution in [-0.2, 0) is 9.53 Å². The van der Waals surface area contributed by atoms with Gasteiger partial charge in [0.05, 0.1) is 18.9 Å². The molecule has 2 rings (SSSR count). The van der Waals surface area contributed by atoms with Crippen LogP contribution >= 0.6 is 30.3 Å². The summed E-state index contributed by atoms with van der Waals surface area (Å²) < 4.78 is 19.3. The first-order valence-corrected chi connectivity index (χ1v) is 8.03. The zero-order valence-corrected chi connectivity index (χ0v) is 12.1. The number of carbonyl (C=O) groups is 1. The third kappa shape index (κ3) is 2.59. The topological polar surface area (TPSA) is 44.1 Å². The van der Waals surface area contributed by atoms with Crippen LogP contribution in [0.25, 0.3) is 11.0 Å². The van der Waals surface area contributed by atoms with Crippen LogP contribution in [0.1, 0.15) is 5.56 Å². The minimum atomic E-state index is -0.637. The lowest BCUT2D eigenvalue weighted by molar-refractivity contribution is -0.133. The number of ether oxygens (including phenoxy) is 1. The van der Waals surface area contributed by atoms with Crippen LogP contribution in [0.5, 0.6) is 0 Å². The second-order valence-electron chi connectivity index (χ2n) is 3.20. The third-order valence-corrected chi connectivity index (χ3v) is 3.84. The number of pyridine rings is 1. The quantitative estimate of drug-likeness (QED) is 0.436. The number of nitrogens with zero attached hydrogens (tertiary/aromatic N) is 2. The summed E-state index contributed by atoms with van der Waals surface area (Å²) in [7, 11) is 2.63. The molecule has 92 valence electrons. The highest BCUT2D eigenvalue weighted by atomic mass is 127. The Labute approximate surface area is 119 Å². The van der Waals surface area contributed by atoms with Gasteiger partial charge in [0, 0.05) is 47.8 Å². The Balaban J connectivity index is 2.59. The predicted octanol–water partition coefficient (Wildman–Crippen LogP) is 2.55. The Hall–Kier alpha value is -1.27. The first-order valence-electron chi connectivity index (χ1n) is 4.71. The molecule has 0 spiro atoms. The Bertz CT molecular complexity index is 675. The minimum Gasteiger partial charge on any atom is -0.459 e. The van der Waals surface area contributed by atoms with E-state index in [2.05, 4.69) is 42.8 Å². The van der Waals surface area contributed by atoms with Gasteiger partial charge in [-0.15, -0.1) is 0 Å². The number of hydrogen-bond acceptors (Lipinski definition) is 4. The van der Waals surface area contributed by atoms with E-state index in [9.17, 15) is 9.18 Å². The van der Waals surface area contributed by atoms with Gasteiger partial charge in [0.15, 0.2) is 5.65 Å². The van der Waals surface area contributed by atoms with Crippen LogP contribution in [0, 0.1) is 17.7 Å². The fraction of sp³-hybridized carbons (Fsp3) is 0.0909. The third-order valence-electron chi connectivity index (χ3n) is 2.14. The Morgan fingerprint density at radius 3 is 3.11 bits per heavy atom. The van der Waals surface area contributed by atoms with Crippen LogP contribution in [0.4, 0.5) is 4.39 Å². The predicted molar refractivity (Wildman–Crippen MR) is 75.6 cm³/mol. The maximum atomic E-state index is 13.2. The number of esters is 1. The van der Waals surface area contributed by atoms with Gasteiger partial charge in [-0.05, 0) is 6.07 Å².